The summed E-state index contributed by atoms with van der Waals surface area (Å²) in [5, 5.41) is 0.939. The fourth-order valence-electron chi connectivity index (χ4n) is 3.63. The van der Waals surface area contributed by atoms with Crippen molar-refractivity contribution in [3.05, 3.63) is 35.5 Å². The van der Waals surface area contributed by atoms with Gasteiger partial charge in [-0.3, -0.25) is 9.78 Å². The molecule has 1 aromatic heterocycles. The van der Waals surface area contributed by atoms with E-state index in [1.165, 1.54) is 6.42 Å². The highest BCUT2D eigenvalue weighted by Crippen LogP contribution is 2.25. The maximum atomic E-state index is 13.2. The number of carbonyl (C=O) groups is 1. The van der Waals surface area contributed by atoms with Crippen LogP contribution >= 0.6 is 0 Å². The Morgan fingerprint density at radius 2 is 2.12 bits per heavy atom. The second-order valence-electron chi connectivity index (χ2n) is 7.09. The van der Waals surface area contributed by atoms with Crippen molar-refractivity contribution < 1.29 is 9.53 Å². The van der Waals surface area contributed by atoms with Gasteiger partial charge >= 0.3 is 0 Å². The normalized spacial score (nSPS) is 18.0. The fraction of sp³-hybridized carbons (Fsp3) is 0.500. The number of amides is 1. The lowest BCUT2D eigenvalue weighted by Gasteiger charge is -2.37. The third kappa shape index (κ3) is 3.76. The van der Waals surface area contributed by atoms with Crippen LogP contribution in [0.5, 0.6) is 5.75 Å². The van der Waals surface area contributed by atoms with Crippen LogP contribution in [-0.4, -0.2) is 61.0 Å². The number of aromatic nitrogens is 1. The Balaban J connectivity index is 1.95. The van der Waals surface area contributed by atoms with Crippen LogP contribution in [0.4, 0.5) is 0 Å². The molecule has 25 heavy (non-hydrogen) atoms. The summed E-state index contributed by atoms with van der Waals surface area (Å²) in [6.45, 7) is 3.65. The number of rotatable bonds is 4. The molecule has 1 fully saturated rings. The number of nitrogens with zero attached hydrogens (tertiary/aromatic N) is 3. The molecule has 1 aliphatic heterocycles. The van der Waals surface area contributed by atoms with Gasteiger partial charge < -0.3 is 14.5 Å². The number of hydrogen-bond donors (Lipinski definition) is 0. The number of benzene rings is 1. The van der Waals surface area contributed by atoms with Crippen LogP contribution < -0.4 is 4.74 Å². The molecule has 2 aromatic rings. The Kier molecular flexibility index (Phi) is 5.23. The van der Waals surface area contributed by atoms with Gasteiger partial charge in [0, 0.05) is 24.5 Å². The Morgan fingerprint density at radius 1 is 1.32 bits per heavy atom. The Morgan fingerprint density at radius 3 is 2.84 bits per heavy atom. The van der Waals surface area contributed by atoms with E-state index in [1.54, 1.807) is 7.11 Å². The Hall–Kier alpha value is -2.14. The molecular weight excluding hydrogens is 314 g/mol. The molecule has 1 aromatic carbocycles. The minimum atomic E-state index is 0.0984. The highest BCUT2D eigenvalue weighted by Gasteiger charge is 2.29. The van der Waals surface area contributed by atoms with E-state index in [-0.39, 0.29) is 11.9 Å². The zero-order chi connectivity index (χ0) is 18.0. The summed E-state index contributed by atoms with van der Waals surface area (Å²) in [6, 6.07) is 8.01. The summed E-state index contributed by atoms with van der Waals surface area (Å²) < 4.78 is 5.30. The lowest BCUT2D eigenvalue weighted by atomic mass is 9.99. The van der Waals surface area contributed by atoms with Gasteiger partial charge in [0.25, 0.3) is 5.91 Å². The molecule has 1 saturated heterocycles. The number of aryl methyl sites for hydroxylation is 1. The van der Waals surface area contributed by atoms with Gasteiger partial charge in [-0.15, -0.1) is 0 Å². The van der Waals surface area contributed by atoms with Gasteiger partial charge in [-0.05, 0) is 64.5 Å². The van der Waals surface area contributed by atoms with Crippen LogP contribution in [0.25, 0.3) is 10.9 Å². The van der Waals surface area contributed by atoms with E-state index >= 15 is 0 Å². The van der Waals surface area contributed by atoms with E-state index in [2.05, 4.69) is 24.0 Å². The van der Waals surface area contributed by atoms with Crippen molar-refractivity contribution in [2.24, 2.45) is 0 Å². The monoisotopic (exact) mass is 341 g/mol. The Labute approximate surface area is 149 Å². The van der Waals surface area contributed by atoms with Crippen LogP contribution in [0.1, 0.15) is 35.3 Å². The van der Waals surface area contributed by atoms with Gasteiger partial charge in [-0.1, -0.05) is 0 Å². The van der Waals surface area contributed by atoms with Crippen molar-refractivity contribution >= 4 is 16.8 Å². The van der Waals surface area contributed by atoms with Gasteiger partial charge in [0.05, 0.1) is 23.9 Å². The predicted octanol–water partition coefficient (Wildman–Crippen LogP) is 3.11. The maximum absolute atomic E-state index is 13.2. The molecule has 2 heterocycles. The first kappa shape index (κ1) is 17.7. The highest BCUT2D eigenvalue weighted by molar-refractivity contribution is 5.99. The molecule has 5 nitrogen and oxygen atoms in total. The summed E-state index contributed by atoms with van der Waals surface area (Å²) in [6.07, 6.45) is 3.33. The smallest absolute Gasteiger partial charge is 0.256 e. The molecule has 1 atom stereocenters. The standard InChI is InChI=1S/C20H27N3O2/c1-14-18(12-15-11-17(25-4)8-9-19(15)21-14)20(24)23-10-6-5-7-16(23)13-22(2)3/h8-9,11-12,16H,5-7,10,13H2,1-4H3/t16-/m1/s1. The minimum Gasteiger partial charge on any atom is -0.497 e. The van der Waals surface area contributed by atoms with Crippen molar-refractivity contribution in [2.75, 3.05) is 34.3 Å². The van der Waals surface area contributed by atoms with Gasteiger partial charge in [0.1, 0.15) is 5.75 Å². The molecule has 0 unspecified atom stereocenters. The largest absolute Gasteiger partial charge is 0.497 e. The van der Waals surface area contributed by atoms with Gasteiger partial charge in [-0.25, -0.2) is 0 Å². The zero-order valence-electron chi connectivity index (χ0n) is 15.6. The number of piperidine rings is 1. The number of likely N-dealkylation sites (tertiary alicyclic amines) is 1. The average Bonchev–Trinajstić information content (AvgIpc) is 2.60. The van der Waals surface area contributed by atoms with Crippen LogP contribution in [0.2, 0.25) is 0 Å². The van der Waals surface area contributed by atoms with Gasteiger partial charge in [-0.2, -0.15) is 0 Å². The van der Waals surface area contributed by atoms with Crippen LogP contribution in [0, 0.1) is 6.92 Å². The van der Waals surface area contributed by atoms with Crippen LogP contribution in [-0.2, 0) is 0 Å². The fourth-order valence-corrected chi connectivity index (χ4v) is 3.63. The topological polar surface area (TPSA) is 45.7 Å². The summed E-state index contributed by atoms with van der Waals surface area (Å²) in [5.41, 5.74) is 2.38. The molecule has 5 heteroatoms. The van der Waals surface area contributed by atoms with E-state index < -0.39 is 0 Å². The summed E-state index contributed by atoms with van der Waals surface area (Å²) in [7, 11) is 5.77. The second-order valence-corrected chi connectivity index (χ2v) is 7.09. The van der Waals surface area contributed by atoms with Crippen molar-refractivity contribution in [1.82, 2.24) is 14.8 Å². The summed E-state index contributed by atoms with van der Waals surface area (Å²) in [4.78, 5) is 22.1. The van der Waals surface area contributed by atoms with E-state index in [4.69, 9.17) is 4.74 Å². The molecule has 0 spiro atoms. The SMILES string of the molecule is COc1ccc2nc(C)c(C(=O)N3CCCC[C@@H]3CN(C)C)cc2c1. The lowest BCUT2D eigenvalue weighted by Crippen LogP contribution is -2.48. The van der Waals surface area contributed by atoms with Crippen molar-refractivity contribution in [3.63, 3.8) is 0 Å². The molecule has 0 radical (unpaired) electrons. The van der Waals surface area contributed by atoms with Crippen molar-refractivity contribution in [3.8, 4) is 5.75 Å². The second kappa shape index (κ2) is 7.40. The number of methoxy groups -OCH3 is 1. The zero-order valence-corrected chi connectivity index (χ0v) is 15.6. The molecule has 0 bridgehead atoms. The number of carbonyl (C=O) groups excluding carboxylic acids is 1. The average molecular weight is 341 g/mol. The minimum absolute atomic E-state index is 0.0984. The number of pyridine rings is 1. The van der Waals surface area contributed by atoms with Gasteiger partial charge in [0.2, 0.25) is 0 Å². The van der Waals surface area contributed by atoms with Crippen molar-refractivity contribution in [1.29, 1.82) is 0 Å². The van der Waals surface area contributed by atoms with Crippen LogP contribution in [0.15, 0.2) is 24.3 Å². The Bertz CT molecular complexity index is 773. The van der Waals surface area contributed by atoms with E-state index in [0.717, 1.165) is 48.3 Å². The van der Waals surface area contributed by atoms with E-state index in [0.29, 0.717) is 5.56 Å². The molecule has 1 aliphatic rings. The third-order valence-electron chi connectivity index (χ3n) is 4.91. The van der Waals surface area contributed by atoms with Crippen LogP contribution in [0.3, 0.4) is 0 Å². The summed E-state index contributed by atoms with van der Waals surface area (Å²) in [5.74, 6) is 0.876. The van der Waals surface area contributed by atoms with Gasteiger partial charge in [0.15, 0.2) is 0 Å². The number of hydrogen-bond acceptors (Lipinski definition) is 4. The number of likely N-dealkylation sites (N-methyl/N-ethyl adjacent to an activating group) is 1. The maximum Gasteiger partial charge on any atom is 0.256 e. The number of ether oxygens (including phenoxy) is 1. The molecule has 0 saturated carbocycles. The molecule has 0 aliphatic carbocycles. The first-order valence-electron chi connectivity index (χ1n) is 8.90. The molecule has 0 N–H and O–H groups in total. The quantitative estimate of drug-likeness (QED) is 0.857. The predicted molar refractivity (Wildman–Crippen MR) is 100 cm³/mol. The van der Waals surface area contributed by atoms with Crippen molar-refractivity contribution in [2.45, 2.75) is 32.2 Å². The number of fused-ring (bicyclic) bond motifs is 1. The van der Waals surface area contributed by atoms with E-state index in [1.807, 2.05) is 36.1 Å². The molecular formula is C20H27N3O2. The molecule has 1 amide bonds. The van der Waals surface area contributed by atoms with E-state index in [9.17, 15) is 4.79 Å². The first-order chi connectivity index (χ1) is 12.0. The third-order valence-corrected chi connectivity index (χ3v) is 4.91. The highest BCUT2D eigenvalue weighted by atomic mass is 16.5. The molecule has 134 valence electrons. The first-order valence-corrected chi connectivity index (χ1v) is 8.90. The lowest BCUT2D eigenvalue weighted by molar-refractivity contribution is 0.0573. The summed E-state index contributed by atoms with van der Waals surface area (Å²) >= 11 is 0. The molecule has 3 rings (SSSR count).